The second-order valence-corrected chi connectivity index (χ2v) is 6.34. The highest BCUT2D eigenvalue weighted by molar-refractivity contribution is 6.26. The summed E-state index contributed by atoms with van der Waals surface area (Å²) in [7, 11) is 1.24. The van der Waals surface area contributed by atoms with Gasteiger partial charge in [-0.15, -0.1) is 0 Å². The summed E-state index contributed by atoms with van der Waals surface area (Å²) >= 11 is 0. The van der Waals surface area contributed by atoms with Crippen molar-refractivity contribution >= 4 is 23.2 Å². The predicted molar refractivity (Wildman–Crippen MR) is 85.9 cm³/mol. The van der Waals surface area contributed by atoms with Gasteiger partial charge >= 0.3 is 5.97 Å². The minimum atomic E-state index is -1.03. The molecule has 0 amide bonds. The first-order valence-electron chi connectivity index (χ1n) is 7.74. The monoisotopic (exact) mass is 323 g/mol. The minimum absolute atomic E-state index is 0.188. The van der Waals surface area contributed by atoms with E-state index < -0.39 is 29.0 Å². The first-order valence-corrected chi connectivity index (χ1v) is 7.74. The van der Waals surface area contributed by atoms with Gasteiger partial charge in [0, 0.05) is 6.42 Å². The van der Waals surface area contributed by atoms with Crippen molar-refractivity contribution in [2.75, 3.05) is 13.7 Å². The summed E-state index contributed by atoms with van der Waals surface area (Å²) in [5.41, 5.74) is -0.316. The lowest BCUT2D eigenvalue weighted by Crippen LogP contribution is -2.52. The van der Waals surface area contributed by atoms with Crippen molar-refractivity contribution in [3.05, 3.63) is 12.7 Å². The maximum absolute atomic E-state index is 12.8. The third-order valence-corrected chi connectivity index (χ3v) is 3.95. The van der Waals surface area contributed by atoms with E-state index in [9.17, 15) is 14.4 Å². The van der Waals surface area contributed by atoms with Crippen LogP contribution in [0, 0.1) is 17.3 Å². The zero-order valence-corrected chi connectivity index (χ0v) is 14.3. The lowest BCUT2D eigenvalue weighted by molar-refractivity contribution is -0.156. The van der Waals surface area contributed by atoms with E-state index in [4.69, 9.17) is 9.57 Å². The van der Waals surface area contributed by atoms with Gasteiger partial charge in [0.2, 0.25) is 0 Å². The number of nitrogens with zero attached hydrogens (tertiary/aromatic N) is 1. The van der Waals surface area contributed by atoms with Gasteiger partial charge < -0.3 is 9.57 Å². The molecule has 6 nitrogen and oxygen atoms in total. The molecule has 23 heavy (non-hydrogen) atoms. The zero-order valence-electron chi connectivity index (χ0n) is 14.3. The van der Waals surface area contributed by atoms with Crippen LogP contribution in [0.5, 0.6) is 0 Å². The Kier molecular flexibility index (Phi) is 6.66. The smallest absolute Gasteiger partial charge is 0.316 e. The van der Waals surface area contributed by atoms with E-state index in [-0.39, 0.29) is 18.8 Å². The molecule has 0 aliphatic heterocycles. The molecule has 6 heteroatoms. The molecule has 1 aliphatic rings. The van der Waals surface area contributed by atoms with Gasteiger partial charge in [-0.1, -0.05) is 38.6 Å². The van der Waals surface area contributed by atoms with Gasteiger partial charge in [0.1, 0.15) is 24.2 Å². The Morgan fingerprint density at radius 3 is 2.61 bits per heavy atom. The number of hydrogen-bond donors (Lipinski definition) is 0. The number of methoxy groups -OCH3 is 1. The topological polar surface area (TPSA) is 82.0 Å². The largest absolute Gasteiger partial charge is 0.468 e. The van der Waals surface area contributed by atoms with Crippen LogP contribution in [0.3, 0.4) is 0 Å². The maximum Gasteiger partial charge on any atom is 0.316 e. The van der Waals surface area contributed by atoms with Crippen LogP contribution in [0.4, 0.5) is 0 Å². The summed E-state index contributed by atoms with van der Waals surface area (Å²) in [4.78, 5) is 42.4. The van der Waals surface area contributed by atoms with Crippen molar-refractivity contribution in [1.29, 1.82) is 0 Å². The average molecular weight is 323 g/mol. The van der Waals surface area contributed by atoms with Gasteiger partial charge in [-0.05, 0) is 18.3 Å². The molecule has 1 rings (SSSR count). The summed E-state index contributed by atoms with van der Waals surface area (Å²) in [6.07, 6.45) is 2.72. The molecule has 2 atom stereocenters. The number of carbonyl (C=O) groups is 3. The molecule has 0 N–H and O–H groups in total. The number of carbonyl (C=O) groups excluding carboxylic acids is 3. The summed E-state index contributed by atoms with van der Waals surface area (Å²) in [6, 6.07) is 0. The van der Waals surface area contributed by atoms with Gasteiger partial charge in [-0.3, -0.25) is 14.4 Å². The lowest BCUT2D eigenvalue weighted by Gasteiger charge is -2.39. The molecule has 0 radical (unpaired) electrons. The predicted octanol–water partition coefficient (Wildman–Crippen LogP) is 2.32. The number of hydrogen-bond acceptors (Lipinski definition) is 6. The van der Waals surface area contributed by atoms with Crippen LogP contribution < -0.4 is 0 Å². The first kappa shape index (κ1) is 19.1. The van der Waals surface area contributed by atoms with Gasteiger partial charge in [-0.2, -0.15) is 0 Å². The van der Waals surface area contributed by atoms with Gasteiger partial charge in [0.05, 0.1) is 12.8 Å². The van der Waals surface area contributed by atoms with E-state index in [1.165, 1.54) is 13.2 Å². The summed E-state index contributed by atoms with van der Waals surface area (Å²) in [6.45, 7) is 9.15. The maximum atomic E-state index is 12.8. The molecule has 0 aromatic rings. The van der Waals surface area contributed by atoms with E-state index in [0.29, 0.717) is 18.6 Å². The van der Waals surface area contributed by atoms with Crippen molar-refractivity contribution in [2.45, 2.75) is 40.0 Å². The van der Waals surface area contributed by atoms with E-state index in [1.54, 1.807) is 13.8 Å². The Labute approximate surface area is 136 Å². The molecule has 0 heterocycles. The van der Waals surface area contributed by atoms with Gasteiger partial charge in [0.15, 0.2) is 5.78 Å². The molecule has 1 aliphatic carbocycles. The fourth-order valence-electron chi connectivity index (χ4n) is 2.93. The van der Waals surface area contributed by atoms with Crippen LogP contribution in [0.1, 0.15) is 40.0 Å². The van der Waals surface area contributed by atoms with Crippen LogP contribution in [0.15, 0.2) is 17.8 Å². The highest BCUT2D eigenvalue weighted by atomic mass is 16.6. The number of ketones is 2. The van der Waals surface area contributed by atoms with Crippen LogP contribution >= 0.6 is 0 Å². The van der Waals surface area contributed by atoms with Gasteiger partial charge in [0.25, 0.3) is 0 Å². The van der Waals surface area contributed by atoms with Crippen LogP contribution in [-0.4, -0.2) is 37.0 Å². The van der Waals surface area contributed by atoms with E-state index in [0.717, 1.165) is 0 Å². The van der Waals surface area contributed by atoms with E-state index >= 15 is 0 Å². The molecule has 1 saturated carbocycles. The molecule has 0 bridgehead atoms. The Hall–Kier alpha value is -1.98. The number of Topliss-reactive ketones (excluding diaryl/α,β-unsaturated/α-hetero) is 2. The molecule has 0 aromatic carbocycles. The number of rotatable bonds is 7. The van der Waals surface area contributed by atoms with E-state index in [1.807, 2.05) is 6.92 Å². The molecule has 0 aromatic heterocycles. The quantitative estimate of drug-likeness (QED) is 0.236. The summed E-state index contributed by atoms with van der Waals surface area (Å²) in [5, 5.41) is 3.97. The Morgan fingerprint density at radius 2 is 2.09 bits per heavy atom. The summed E-state index contributed by atoms with van der Waals surface area (Å²) < 4.78 is 4.76. The lowest BCUT2D eigenvalue weighted by atomic mass is 9.62. The fourth-order valence-corrected chi connectivity index (χ4v) is 2.93. The second kappa shape index (κ2) is 8.04. The van der Waals surface area contributed by atoms with Crippen LogP contribution in [0.2, 0.25) is 0 Å². The van der Waals surface area contributed by atoms with Crippen molar-refractivity contribution in [2.24, 2.45) is 22.4 Å². The van der Waals surface area contributed by atoms with Crippen molar-refractivity contribution in [3.63, 3.8) is 0 Å². The molecule has 128 valence electrons. The number of oxime groups is 1. The molecule has 0 saturated heterocycles. The second-order valence-electron chi connectivity index (χ2n) is 6.34. The molecule has 1 fully saturated rings. The highest BCUT2D eigenvalue weighted by Crippen LogP contribution is 2.41. The third kappa shape index (κ3) is 4.27. The molecule has 2 unspecified atom stereocenters. The Bertz CT molecular complexity index is 521. The molecular formula is C17H25NO5. The Balaban J connectivity index is 3.23. The van der Waals surface area contributed by atoms with Crippen LogP contribution in [0.25, 0.3) is 0 Å². The highest BCUT2D eigenvalue weighted by Gasteiger charge is 2.52. The average Bonchev–Trinajstić information content (AvgIpc) is 2.46. The Morgan fingerprint density at radius 1 is 1.43 bits per heavy atom. The normalized spacial score (nSPS) is 25.0. The minimum Gasteiger partial charge on any atom is -0.468 e. The zero-order chi connectivity index (χ0) is 17.6. The van der Waals surface area contributed by atoms with Crippen molar-refractivity contribution in [3.8, 4) is 0 Å². The fraction of sp³-hybridized carbons (Fsp3) is 0.647. The van der Waals surface area contributed by atoms with Gasteiger partial charge in [-0.25, -0.2) is 0 Å². The summed E-state index contributed by atoms with van der Waals surface area (Å²) in [5.74, 6) is -3.30. The van der Waals surface area contributed by atoms with E-state index in [2.05, 4.69) is 11.7 Å². The van der Waals surface area contributed by atoms with Crippen molar-refractivity contribution < 1.29 is 24.0 Å². The van der Waals surface area contributed by atoms with Crippen molar-refractivity contribution in [1.82, 2.24) is 0 Å². The number of ether oxygens (including phenoxy) is 1. The molecular weight excluding hydrogens is 298 g/mol. The standard InChI is InChI=1S/C17H25NO5/c1-6-8-12(19)13-11(18-23-9-7-2)10-17(3,4)14(15(13)20)16(21)22-5/h7,13-14H,2,6,8-10H2,1,3-5H3/b18-11+. The SMILES string of the molecule is C=CCO/N=C1\CC(C)(C)C(C(=O)OC)C(=O)C1C(=O)CCC. The van der Waals surface area contributed by atoms with Crippen LogP contribution in [-0.2, 0) is 24.0 Å². The number of esters is 1. The molecule has 0 spiro atoms. The third-order valence-electron chi connectivity index (χ3n) is 3.95. The first-order chi connectivity index (χ1) is 10.8.